The number of nitrogens with one attached hydrogen (secondary N) is 1. The molecule has 2 rings (SSSR count). The molecule has 1 aromatic rings. The average Bonchev–Trinajstić information content (AvgIpc) is 2.95. The van der Waals surface area contributed by atoms with Crippen LogP contribution in [0.25, 0.3) is 0 Å². The van der Waals surface area contributed by atoms with E-state index in [0.29, 0.717) is 6.04 Å². The summed E-state index contributed by atoms with van der Waals surface area (Å²) in [7, 11) is 0. The highest BCUT2D eigenvalue weighted by molar-refractivity contribution is 4.98. The quantitative estimate of drug-likeness (QED) is 0.820. The number of imidazole rings is 1. The van der Waals surface area contributed by atoms with E-state index in [1.165, 1.54) is 18.5 Å². The molecule has 1 unspecified atom stereocenters. The second-order valence-electron chi connectivity index (χ2n) is 5.13. The molecular formula is C13H23N3O. The molecule has 17 heavy (non-hydrogen) atoms. The van der Waals surface area contributed by atoms with Crippen LogP contribution in [0.3, 0.4) is 0 Å². The van der Waals surface area contributed by atoms with Crippen molar-refractivity contribution in [2.24, 2.45) is 5.92 Å². The van der Waals surface area contributed by atoms with Gasteiger partial charge in [0.2, 0.25) is 0 Å². The summed E-state index contributed by atoms with van der Waals surface area (Å²) in [5.74, 6) is 0.739. The third kappa shape index (κ3) is 3.82. The van der Waals surface area contributed by atoms with Crippen LogP contribution >= 0.6 is 0 Å². The first-order valence-corrected chi connectivity index (χ1v) is 6.56. The molecule has 0 bridgehead atoms. The summed E-state index contributed by atoms with van der Waals surface area (Å²) in [4.78, 5) is 4.24. The lowest BCUT2D eigenvalue weighted by Crippen LogP contribution is -2.23. The second-order valence-corrected chi connectivity index (χ2v) is 5.13. The van der Waals surface area contributed by atoms with E-state index in [0.717, 1.165) is 32.2 Å². The lowest BCUT2D eigenvalue weighted by Gasteiger charge is -2.12. The number of aryl methyl sites for hydroxylation is 1. The molecule has 0 aliphatic carbocycles. The molecular weight excluding hydrogens is 214 g/mol. The van der Waals surface area contributed by atoms with E-state index in [-0.39, 0.29) is 0 Å². The molecule has 4 nitrogen and oxygen atoms in total. The molecule has 0 aromatic carbocycles. The minimum Gasteiger partial charge on any atom is -0.381 e. The van der Waals surface area contributed by atoms with Crippen LogP contribution in [0.4, 0.5) is 0 Å². The summed E-state index contributed by atoms with van der Waals surface area (Å²) < 4.78 is 7.66. The number of aromatic nitrogens is 2. The van der Waals surface area contributed by atoms with Crippen molar-refractivity contribution < 1.29 is 4.74 Å². The van der Waals surface area contributed by atoms with Crippen LogP contribution in [0.2, 0.25) is 0 Å². The fourth-order valence-corrected chi connectivity index (χ4v) is 2.14. The van der Waals surface area contributed by atoms with Crippen molar-refractivity contribution >= 4 is 0 Å². The van der Waals surface area contributed by atoms with Crippen LogP contribution in [-0.4, -0.2) is 28.8 Å². The van der Waals surface area contributed by atoms with Gasteiger partial charge in [-0.05, 0) is 18.8 Å². The normalized spacial score (nSPS) is 20.3. The summed E-state index contributed by atoms with van der Waals surface area (Å²) in [6, 6.07) is 0.515. The predicted octanol–water partition coefficient (Wildman–Crippen LogP) is 1.81. The molecule has 0 spiro atoms. The highest BCUT2D eigenvalue weighted by Gasteiger charge is 2.15. The van der Waals surface area contributed by atoms with E-state index in [1.54, 1.807) is 0 Å². The van der Waals surface area contributed by atoms with E-state index < -0.39 is 0 Å². The highest BCUT2D eigenvalue weighted by Crippen LogP contribution is 2.17. The Kier molecular flexibility index (Phi) is 4.57. The molecule has 1 aliphatic rings. The van der Waals surface area contributed by atoms with Gasteiger partial charge in [-0.25, -0.2) is 4.98 Å². The van der Waals surface area contributed by atoms with Crippen LogP contribution in [0.1, 0.15) is 32.4 Å². The first-order valence-electron chi connectivity index (χ1n) is 6.56. The van der Waals surface area contributed by atoms with Crippen LogP contribution < -0.4 is 5.32 Å². The molecule has 1 fully saturated rings. The molecule has 2 heterocycles. The SMILES string of the molecule is CC(C)NCc1cncn1CCC1CCOC1. The molecule has 0 saturated carbocycles. The van der Waals surface area contributed by atoms with Crippen LogP contribution in [0, 0.1) is 5.92 Å². The van der Waals surface area contributed by atoms with Gasteiger partial charge in [-0.2, -0.15) is 0 Å². The molecule has 4 heteroatoms. The van der Waals surface area contributed by atoms with Crippen LogP contribution in [0.5, 0.6) is 0 Å². The fraction of sp³-hybridized carbons (Fsp3) is 0.769. The van der Waals surface area contributed by atoms with E-state index in [9.17, 15) is 0 Å². The zero-order valence-electron chi connectivity index (χ0n) is 10.9. The van der Waals surface area contributed by atoms with E-state index in [4.69, 9.17) is 4.74 Å². The van der Waals surface area contributed by atoms with Gasteiger partial charge < -0.3 is 14.6 Å². The lowest BCUT2D eigenvalue weighted by molar-refractivity contribution is 0.183. The molecule has 1 aliphatic heterocycles. The van der Waals surface area contributed by atoms with Gasteiger partial charge in [0.1, 0.15) is 0 Å². The summed E-state index contributed by atoms with van der Waals surface area (Å²) >= 11 is 0. The molecule has 96 valence electrons. The van der Waals surface area contributed by atoms with E-state index in [1.807, 2.05) is 12.5 Å². The van der Waals surface area contributed by atoms with Gasteiger partial charge in [-0.15, -0.1) is 0 Å². The third-order valence-electron chi connectivity index (χ3n) is 3.29. The average molecular weight is 237 g/mol. The fourth-order valence-electron chi connectivity index (χ4n) is 2.14. The van der Waals surface area contributed by atoms with Crippen molar-refractivity contribution in [1.29, 1.82) is 0 Å². The molecule has 0 radical (unpaired) electrons. The molecule has 0 amide bonds. The zero-order valence-corrected chi connectivity index (χ0v) is 10.9. The maximum Gasteiger partial charge on any atom is 0.0948 e. The number of hydrogen-bond acceptors (Lipinski definition) is 3. The van der Waals surface area contributed by atoms with Gasteiger partial charge in [-0.3, -0.25) is 0 Å². The number of hydrogen-bond donors (Lipinski definition) is 1. The largest absolute Gasteiger partial charge is 0.381 e. The van der Waals surface area contributed by atoms with Crippen molar-refractivity contribution in [1.82, 2.24) is 14.9 Å². The van der Waals surface area contributed by atoms with Crippen molar-refractivity contribution in [2.75, 3.05) is 13.2 Å². The highest BCUT2D eigenvalue weighted by atomic mass is 16.5. The number of ether oxygens (including phenoxy) is 1. The monoisotopic (exact) mass is 237 g/mol. The maximum atomic E-state index is 5.40. The lowest BCUT2D eigenvalue weighted by atomic mass is 10.1. The smallest absolute Gasteiger partial charge is 0.0948 e. The Hall–Kier alpha value is -0.870. The maximum absolute atomic E-state index is 5.40. The van der Waals surface area contributed by atoms with Crippen LogP contribution in [0.15, 0.2) is 12.5 Å². The minimum absolute atomic E-state index is 0.515. The van der Waals surface area contributed by atoms with Crippen molar-refractivity contribution in [2.45, 2.75) is 45.8 Å². The predicted molar refractivity (Wildman–Crippen MR) is 67.7 cm³/mol. The third-order valence-corrected chi connectivity index (χ3v) is 3.29. The van der Waals surface area contributed by atoms with Gasteiger partial charge in [-0.1, -0.05) is 13.8 Å². The van der Waals surface area contributed by atoms with Crippen molar-refractivity contribution in [3.8, 4) is 0 Å². The summed E-state index contributed by atoms with van der Waals surface area (Å²) in [5.41, 5.74) is 1.28. The Morgan fingerprint density at radius 2 is 2.47 bits per heavy atom. The van der Waals surface area contributed by atoms with Crippen molar-refractivity contribution in [3.05, 3.63) is 18.2 Å². The Bertz CT molecular complexity index is 329. The van der Waals surface area contributed by atoms with Crippen molar-refractivity contribution in [3.63, 3.8) is 0 Å². The van der Waals surface area contributed by atoms with Crippen LogP contribution in [-0.2, 0) is 17.8 Å². The van der Waals surface area contributed by atoms with Gasteiger partial charge in [0.15, 0.2) is 0 Å². The van der Waals surface area contributed by atoms with Gasteiger partial charge in [0.05, 0.1) is 12.0 Å². The summed E-state index contributed by atoms with van der Waals surface area (Å²) in [5, 5.41) is 3.43. The van der Waals surface area contributed by atoms with Gasteiger partial charge >= 0.3 is 0 Å². The Morgan fingerprint density at radius 3 is 3.18 bits per heavy atom. The standard InChI is InChI=1S/C13H23N3O/c1-11(2)15-8-13-7-14-10-16(13)5-3-12-4-6-17-9-12/h7,10-12,15H,3-6,8-9H2,1-2H3. The zero-order chi connectivity index (χ0) is 12.1. The Labute approximate surface area is 103 Å². The first kappa shape index (κ1) is 12.6. The number of nitrogens with zero attached hydrogens (tertiary/aromatic N) is 2. The first-order chi connectivity index (χ1) is 8.25. The number of rotatable bonds is 6. The minimum atomic E-state index is 0.515. The van der Waals surface area contributed by atoms with Gasteiger partial charge in [0.25, 0.3) is 0 Å². The van der Waals surface area contributed by atoms with Gasteiger partial charge in [0, 0.05) is 38.5 Å². The topological polar surface area (TPSA) is 39.1 Å². The summed E-state index contributed by atoms with van der Waals surface area (Å²) in [6.45, 7) is 8.17. The molecule has 1 N–H and O–H groups in total. The van der Waals surface area contributed by atoms with E-state index in [2.05, 4.69) is 28.7 Å². The summed E-state index contributed by atoms with van der Waals surface area (Å²) in [6.07, 6.45) is 6.31. The molecule has 1 atom stereocenters. The van der Waals surface area contributed by atoms with E-state index >= 15 is 0 Å². The second kappa shape index (κ2) is 6.17. The molecule has 1 aromatic heterocycles. The molecule has 1 saturated heterocycles. The Morgan fingerprint density at radius 1 is 1.59 bits per heavy atom. The Balaban J connectivity index is 1.80.